The average Bonchev–Trinajstić information content (AvgIpc) is 1.94. The third-order valence-corrected chi connectivity index (χ3v) is 0.734. The molecule has 8 heavy (non-hydrogen) atoms. The molecule has 3 heteroatoms. The van der Waals surface area contributed by atoms with E-state index in [0.29, 0.717) is 0 Å². The molecule has 0 saturated carbocycles. The Bertz CT molecular complexity index is 149. The third-order valence-electron chi connectivity index (χ3n) is 0.734. The van der Waals surface area contributed by atoms with Gasteiger partial charge in [-0.3, -0.25) is 10.2 Å². The lowest BCUT2D eigenvalue weighted by atomic mass is 10.5. The van der Waals surface area contributed by atoms with E-state index in [2.05, 4.69) is 10.9 Å². The molecule has 0 aliphatic carbocycles. The monoisotopic (exact) mass is 110 g/mol. The Morgan fingerprint density at radius 2 is 2.25 bits per heavy atom. The number of hydrogen-bond donors (Lipinski definition) is 2. The van der Waals surface area contributed by atoms with Crippen molar-refractivity contribution in [2.24, 2.45) is 0 Å². The van der Waals surface area contributed by atoms with E-state index in [-0.39, 0.29) is 5.91 Å². The van der Waals surface area contributed by atoms with Crippen molar-refractivity contribution in [2.75, 3.05) is 0 Å². The molecule has 0 atom stereocenters. The van der Waals surface area contributed by atoms with Crippen LogP contribution in [0.15, 0.2) is 24.4 Å². The standard InChI is InChI=1S/C5H6N2O/c8-5-3-1-2-4-6-7-5/h1-4,6H,(H,7,8). The number of hydrogen-bond acceptors (Lipinski definition) is 2. The topological polar surface area (TPSA) is 41.1 Å². The molecule has 1 aliphatic rings. The van der Waals surface area contributed by atoms with Crippen LogP contribution in [0.25, 0.3) is 0 Å². The van der Waals surface area contributed by atoms with Crippen LogP contribution >= 0.6 is 0 Å². The van der Waals surface area contributed by atoms with Crippen LogP contribution in [0.1, 0.15) is 0 Å². The molecule has 1 aliphatic heterocycles. The van der Waals surface area contributed by atoms with E-state index in [4.69, 9.17) is 0 Å². The molecule has 0 aromatic rings. The summed E-state index contributed by atoms with van der Waals surface area (Å²) < 4.78 is 0. The number of hydrazine groups is 1. The summed E-state index contributed by atoms with van der Waals surface area (Å²) in [5, 5.41) is 0. The van der Waals surface area contributed by atoms with Crippen molar-refractivity contribution in [1.82, 2.24) is 10.9 Å². The molecule has 0 fully saturated rings. The summed E-state index contributed by atoms with van der Waals surface area (Å²) in [6.07, 6.45) is 6.48. The van der Waals surface area contributed by atoms with Crippen LogP contribution in [0, 0.1) is 0 Å². The van der Waals surface area contributed by atoms with Crippen molar-refractivity contribution in [3.63, 3.8) is 0 Å². The summed E-state index contributed by atoms with van der Waals surface area (Å²) in [6, 6.07) is 0. The van der Waals surface area contributed by atoms with Crippen molar-refractivity contribution >= 4 is 5.91 Å². The van der Waals surface area contributed by atoms with Gasteiger partial charge in [-0.25, -0.2) is 0 Å². The van der Waals surface area contributed by atoms with Crippen LogP contribution < -0.4 is 10.9 Å². The molecule has 0 bridgehead atoms. The molecule has 1 rings (SSSR count). The molecule has 0 spiro atoms. The minimum atomic E-state index is -0.130. The van der Waals surface area contributed by atoms with Crippen molar-refractivity contribution in [1.29, 1.82) is 0 Å². The SMILES string of the molecule is O=C1C=CC=CNN1. The van der Waals surface area contributed by atoms with E-state index in [0.717, 1.165) is 0 Å². The molecule has 0 unspecified atom stereocenters. The predicted molar refractivity (Wildman–Crippen MR) is 29.6 cm³/mol. The fourth-order valence-electron chi connectivity index (χ4n) is 0.401. The Balaban J connectivity index is 2.58. The van der Waals surface area contributed by atoms with Gasteiger partial charge in [-0.05, 0) is 6.08 Å². The largest absolute Gasteiger partial charge is 0.306 e. The summed E-state index contributed by atoms with van der Waals surface area (Å²) in [5.41, 5.74) is 4.94. The lowest BCUT2D eigenvalue weighted by molar-refractivity contribution is -0.117. The van der Waals surface area contributed by atoms with E-state index >= 15 is 0 Å². The third kappa shape index (κ3) is 1.11. The molecule has 0 aromatic carbocycles. The van der Waals surface area contributed by atoms with E-state index in [1.165, 1.54) is 6.08 Å². The number of carbonyl (C=O) groups is 1. The highest BCUT2D eigenvalue weighted by Crippen LogP contribution is 1.77. The summed E-state index contributed by atoms with van der Waals surface area (Å²) >= 11 is 0. The van der Waals surface area contributed by atoms with Gasteiger partial charge < -0.3 is 5.43 Å². The second-order valence-corrected chi connectivity index (χ2v) is 1.35. The van der Waals surface area contributed by atoms with E-state index in [9.17, 15) is 4.79 Å². The molecule has 0 radical (unpaired) electrons. The minimum Gasteiger partial charge on any atom is -0.306 e. The zero-order valence-electron chi connectivity index (χ0n) is 4.22. The maximum absolute atomic E-state index is 10.4. The number of rotatable bonds is 0. The lowest BCUT2D eigenvalue weighted by Crippen LogP contribution is -2.30. The highest BCUT2D eigenvalue weighted by Gasteiger charge is 1.90. The van der Waals surface area contributed by atoms with Crippen LogP contribution in [0.2, 0.25) is 0 Å². The maximum Gasteiger partial charge on any atom is 0.262 e. The van der Waals surface area contributed by atoms with Crippen LogP contribution in [0.4, 0.5) is 0 Å². The van der Waals surface area contributed by atoms with Crippen molar-refractivity contribution in [2.45, 2.75) is 0 Å². The van der Waals surface area contributed by atoms with Crippen LogP contribution in [0.3, 0.4) is 0 Å². The quantitative estimate of drug-likeness (QED) is 0.449. The predicted octanol–water partition coefficient (Wildman–Crippen LogP) is -0.309. The molecule has 42 valence electrons. The molecule has 2 N–H and O–H groups in total. The summed E-state index contributed by atoms with van der Waals surface area (Å²) in [5.74, 6) is -0.130. The first-order chi connectivity index (χ1) is 3.89. The first kappa shape index (κ1) is 4.90. The fraction of sp³-hybridized carbons (Fsp3) is 0. The van der Waals surface area contributed by atoms with Crippen LogP contribution in [-0.4, -0.2) is 5.91 Å². The van der Waals surface area contributed by atoms with Gasteiger partial charge in [-0.2, -0.15) is 0 Å². The summed E-state index contributed by atoms with van der Waals surface area (Å²) in [7, 11) is 0. The van der Waals surface area contributed by atoms with Gasteiger partial charge >= 0.3 is 0 Å². The molecular weight excluding hydrogens is 104 g/mol. The van der Waals surface area contributed by atoms with Gasteiger partial charge in [-0.1, -0.05) is 6.08 Å². The van der Waals surface area contributed by atoms with Crippen molar-refractivity contribution in [3.05, 3.63) is 24.4 Å². The summed E-state index contributed by atoms with van der Waals surface area (Å²) in [6.45, 7) is 0. The number of carbonyl (C=O) groups excluding carboxylic acids is 1. The molecular formula is C5H6N2O. The van der Waals surface area contributed by atoms with Gasteiger partial charge in [-0.15, -0.1) is 0 Å². The molecule has 1 amide bonds. The first-order valence-corrected chi connectivity index (χ1v) is 2.28. The maximum atomic E-state index is 10.4. The molecule has 0 aromatic heterocycles. The fourth-order valence-corrected chi connectivity index (χ4v) is 0.401. The Labute approximate surface area is 47.0 Å². The number of amides is 1. The van der Waals surface area contributed by atoms with E-state index in [1.54, 1.807) is 18.4 Å². The average molecular weight is 110 g/mol. The zero-order chi connectivity index (χ0) is 5.82. The first-order valence-electron chi connectivity index (χ1n) is 2.28. The van der Waals surface area contributed by atoms with Gasteiger partial charge in [0.1, 0.15) is 0 Å². The Kier molecular flexibility index (Phi) is 1.32. The Morgan fingerprint density at radius 1 is 1.38 bits per heavy atom. The Morgan fingerprint density at radius 3 is 3.12 bits per heavy atom. The van der Waals surface area contributed by atoms with Gasteiger partial charge in [0, 0.05) is 12.3 Å². The minimum absolute atomic E-state index is 0.130. The lowest BCUT2D eigenvalue weighted by Gasteiger charge is -1.94. The summed E-state index contributed by atoms with van der Waals surface area (Å²) in [4.78, 5) is 10.4. The highest BCUT2D eigenvalue weighted by molar-refractivity contribution is 5.87. The molecule has 3 nitrogen and oxygen atoms in total. The second kappa shape index (κ2) is 2.16. The van der Waals surface area contributed by atoms with Crippen LogP contribution in [0.5, 0.6) is 0 Å². The van der Waals surface area contributed by atoms with Crippen molar-refractivity contribution < 1.29 is 4.79 Å². The zero-order valence-corrected chi connectivity index (χ0v) is 4.22. The highest BCUT2D eigenvalue weighted by atomic mass is 16.2. The van der Waals surface area contributed by atoms with Gasteiger partial charge in [0.25, 0.3) is 5.91 Å². The van der Waals surface area contributed by atoms with Crippen molar-refractivity contribution in [3.8, 4) is 0 Å². The number of nitrogens with one attached hydrogen (secondary N) is 2. The van der Waals surface area contributed by atoms with Gasteiger partial charge in [0.2, 0.25) is 0 Å². The smallest absolute Gasteiger partial charge is 0.262 e. The normalized spacial score (nSPS) is 16.8. The van der Waals surface area contributed by atoms with Crippen LogP contribution in [-0.2, 0) is 4.79 Å². The van der Waals surface area contributed by atoms with E-state index < -0.39 is 0 Å². The molecule has 1 heterocycles. The van der Waals surface area contributed by atoms with E-state index in [1.807, 2.05) is 0 Å². The Hall–Kier alpha value is -1.25. The number of allylic oxidation sites excluding steroid dienone is 2. The second-order valence-electron chi connectivity index (χ2n) is 1.35. The van der Waals surface area contributed by atoms with Gasteiger partial charge in [0.05, 0.1) is 0 Å². The van der Waals surface area contributed by atoms with Gasteiger partial charge in [0.15, 0.2) is 0 Å². The molecule has 0 saturated heterocycles.